The molecule has 0 fully saturated rings. The second kappa shape index (κ2) is 8.34. The molecular formula is C20H18FN3O4. The molecule has 7 nitrogen and oxygen atoms in total. The van der Waals surface area contributed by atoms with Gasteiger partial charge in [0.25, 0.3) is 5.91 Å². The molecule has 28 heavy (non-hydrogen) atoms. The first kappa shape index (κ1) is 19.1. The molecule has 3 aromatic rings. The van der Waals surface area contributed by atoms with Gasteiger partial charge in [-0.05, 0) is 35.9 Å². The number of nitrogens with one attached hydrogen (secondary N) is 3. The van der Waals surface area contributed by atoms with E-state index in [1.807, 2.05) is 0 Å². The van der Waals surface area contributed by atoms with Crippen molar-refractivity contribution in [1.29, 1.82) is 0 Å². The average molecular weight is 383 g/mol. The SMILES string of the molecule is COC(=O)CNC(=O)Cc1ccc(NC(=O)c2cc3c(F)cccc3[nH]2)cc1. The fraction of sp³-hybridized carbons (Fsp3) is 0.150. The number of esters is 1. The van der Waals surface area contributed by atoms with Crippen LogP contribution in [0.15, 0.2) is 48.5 Å². The van der Waals surface area contributed by atoms with Crippen LogP contribution in [0, 0.1) is 5.82 Å². The van der Waals surface area contributed by atoms with Crippen molar-refractivity contribution in [1.82, 2.24) is 10.3 Å². The van der Waals surface area contributed by atoms with Crippen molar-refractivity contribution in [3.8, 4) is 0 Å². The van der Waals surface area contributed by atoms with Gasteiger partial charge in [-0.15, -0.1) is 0 Å². The van der Waals surface area contributed by atoms with Crippen LogP contribution >= 0.6 is 0 Å². The number of carbonyl (C=O) groups is 3. The number of rotatable bonds is 6. The van der Waals surface area contributed by atoms with E-state index in [-0.39, 0.29) is 24.6 Å². The summed E-state index contributed by atoms with van der Waals surface area (Å²) in [5.74, 6) is -1.65. The number of amides is 2. The van der Waals surface area contributed by atoms with E-state index in [2.05, 4.69) is 20.4 Å². The van der Waals surface area contributed by atoms with Crippen molar-refractivity contribution in [2.45, 2.75) is 6.42 Å². The van der Waals surface area contributed by atoms with Crippen LogP contribution in [0.5, 0.6) is 0 Å². The highest BCUT2D eigenvalue weighted by Gasteiger charge is 2.12. The van der Waals surface area contributed by atoms with E-state index < -0.39 is 17.7 Å². The number of H-pyrrole nitrogens is 1. The van der Waals surface area contributed by atoms with Gasteiger partial charge in [-0.25, -0.2) is 4.39 Å². The van der Waals surface area contributed by atoms with Gasteiger partial charge in [-0.3, -0.25) is 14.4 Å². The number of methoxy groups -OCH3 is 1. The Kier molecular flexibility index (Phi) is 5.69. The van der Waals surface area contributed by atoms with Gasteiger partial charge < -0.3 is 20.4 Å². The number of anilines is 1. The molecule has 0 unspecified atom stereocenters. The topological polar surface area (TPSA) is 100 Å². The van der Waals surface area contributed by atoms with E-state index in [1.54, 1.807) is 36.4 Å². The lowest BCUT2D eigenvalue weighted by Crippen LogP contribution is -2.31. The smallest absolute Gasteiger partial charge is 0.325 e. The predicted octanol–water partition coefficient (Wildman–Crippen LogP) is 2.39. The molecule has 0 saturated carbocycles. The van der Waals surface area contributed by atoms with Gasteiger partial charge in [0, 0.05) is 16.6 Å². The van der Waals surface area contributed by atoms with Gasteiger partial charge in [-0.1, -0.05) is 18.2 Å². The predicted molar refractivity (Wildman–Crippen MR) is 101 cm³/mol. The summed E-state index contributed by atoms with van der Waals surface area (Å²) in [5, 5.41) is 5.51. The third kappa shape index (κ3) is 4.53. The van der Waals surface area contributed by atoms with E-state index in [4.69, 9.17) is 0 Å². The monoisotopic (exact) mass is 383 g/mol. The van der Waals surface area contributed by atoms with Crippen molar-refractivity contribution < 1.29 is 23.5 Å². The number of halogens is 1. The minimum Gasteiger partial charge on any atom is -0.468 e. The van der Waals surface area contributed by atoms with E-state index in [9.17, 15) is 18.8 Å². The molecule has 2 aromatic carbocycles. The van der Waals surface area contributed by atoms with Crippen molar-refractivity contribution in [3.63, 3.8) is 0 Å². The molecule has 0 aliphatic heterocycles. The Hall–Kier alpha value is -3.68. The number of carbonyl (C=O) groups excluding carboxylic acids is 3. The number of fused-ring (bicyclic) bond motifs is 1. The molecule has 0 aliphatic carbocycles. The zero-order chi connectivity index (χ0) is 20.1. The third-order valence-corrected chi connectivity index (χ3v) is 4.09. The van der Waals surface area contributed by atoms with Crippen molar-refractivity contribution >= 4 is 34.4 Å². The van der Waals surface area contributed by atoms with Gasteiger partial charge in [0.05, 0.1) is 13.5 Å². The van der Waals surface area contributed by atoms with E-state index in [0.717, 1.165) is 0 Å². The van der Waals surface area contributed by atoms with Gasteiger partial charge in [0.15, 0.2) is 0 Å². The number of hydrogen-bond acceptors (Lipinski definition) is 4. The first-order valence-electron chi connectivity index (χ1n) is 8.47. The first-order valence-corrected chi connectivity index (χ1v) is 8.47. The second-order valence-corrected chi connectivity index (χ2v) is 6.06. The maximum Gasteiger partial charge on any atom is 0.325 e. The summed E-state index contributed by atoms with van der Waals surface area (Å²) in [5.41, 5.74) is 2.03. The maximum atomic E-state index is 13.7. The molecule has 0 radical (unpaired) electrons. The third-order valence-electron chi connectivity index (χ3n) is 4.09. The van der Waals surface area contributed by atoms with E-state index in [1.165, 1.54) is 19.2 Å². The Balaban J connectivity index is 1.60. The molecule has 0 atom stereocenters. The zero-order valence-electron chi connectivity index (χ0n) is 15.0. The molecule has 1 heterocycles. The van der Waals surface area contributed by atoms with Crippen LogP contribution in [0.2, 0.25) is 0 Å². The maximum absolute atomic E-state index is 13.7. The Morgan fingerprint density at radius 2 is 1.86 bits per heavy atom. The fourth-order valence-electron chi connectivity index (χ4n) is 2.64. The van der Waals surface area contributed by atoms with Crippen molar-refractivity contribution in [3.05, 3.63) is 65.6 Å². The summed E-state index contributed by atoms with van der Waals surface area (Å²) in [6.45, 7) is -0.186. The number of ether oxygens (including phenoxy) is 1. The minimum atomic E-state index is -0.525. The molecular weight excluding hydrogens is 365 g/mol. The standard InChI is InChI=1S/C20H18FN3O4/c1-28-19(26)11-22-18(25)9-12-5-7-13(8-6-12)23-20(27)17-10-14-15(21)3-2-4-16(14)24-17/h2-8,10,24H,9,11H2,1H3,(H,22,25)(H,23,27). The molecule has 1 aromatic heterocycles. The lowest BCUT2D eigenvalue weighted by atomic mass is 10.1. The van der Waals surface area contributed by atoms with Crippen LogP contribution in [0.4, 0.5) is 10.1 Å². The van der Waals surface area contributed by atoms with Crippen LogP contribution in [0.3, 0.4) is 0 Å². The molecule has 8 heteroatoms. The van der Waals surface area contributed by atoms with Crippen LogP contribution in [0.1, 0.15) is 16.1 Å². The van der Waals surface area contributed by atoms with Gasteiger partial charge >= 0.3 is 5.97 Å². The molecule has 3 rings (SSSR count). The molecule has 0 bridgehead atoms. The summed E-state index contributed by atoms with van der Waals surface area (Å²) in [6.07, 6.45) is 0.0898. The second-order valence-electron chi connectivity index (χ2n) is 6.06. The Morgan fingerprint density at radius 3 is 2.54 bits per heavy atom. The van der Waals surface area contributed by atoms with Crippen LogP contribution < -0.4 is 10.6 Å². The molecule has 0 aliphatic rings. The minimum absolute atomic E-state index is 0.0898. The van der Waals surface area contributed by atoms with Crippen molar-refractivity contribution in [2.24, 2.45) is 0 Å². The Labute approximate surface area is 159 Å². The molecule has 0 spiro atoms. The molecule has 0 saturated heterocycles. The summed E-state index contributed by atoms with van der Waals surface area (Å²) >= 11 is 0. The first-order chi connectivity index (χ1) is 13.5. The number of aromatic amines is 1. The summed E-state index contributed by atoms with van der Waals surface area (Å²) in [6, 6.07) is 12.7. The summed E-state index contributed by atoms with van der Waals surface area (Å²) in [7, 11) is 1.24. The number of benzene rings is 2. The van der Waals surface area contributed by atoms with Gasteiger partial charge in [0.1, 0.15) is 18.1 Å². The zero-order valence-corrected chi connectivity index (χ0v) is 15.0. The largest absolute Gasteiger partial charge is 0.468 e. The normalized spacial score (nSPS) is 10.5. The lowest BCUT2D eigenvalue weighted by Gasteiger charge is -2.06. The van der Waals surface area contributed by atoms with Crippen LogP contribution in [-0.2, 0) is 20.7 Å². The average Bonchev–Trinajstić information content (AvgIpc) is 3.13. The lowest BCUT2D eigenvalue weighted by molar-refractivity contribution is -0.141. The highest BCUT2D eigenvalue weighted by Crippen LogP contribution is 2.19. The van der Waals surface area contributed by atoms with Crippen LogP contribution in [0.25, 0.3) is 10.9 Å². The van der Waals surface area contributed by atoms with E-state index in [0.29, 0.717) is 22.2 Å². The molecule has 2 amide bonds. The number of hydrogen-bond donors (Lipinski definition) is 3. The highest BCUT2D eigenvalue weighted by atomic mass is 19.1. The quantitative estimate of drug-likeness (QED) is 0.569. The fourth-order valence-corrected chi connectivity index (χ4v) is 2.64. The summed E-state index contributed by atoms with van der Waals surface area (Å²) < 4.78 is 18.2. The number of aromatic nitrogens is 1. The highest BCUT2D eigenvalue weighted by molar-refractivity contribution is 6.06. The van der Waals surface area contributed by atoms with Gasteiger partial charge in [0.2, 0.25) is 5.91 Å². The Morgan fingerprint density at radius 1 is 1.11 bits per heavy atom. The van der Waals surface area contributed by atoms with Gasteiger partial charge in [-0.2, -0.15) is 0 Å². The molecule has 144 valence electrons. The van der Waals surface area contributed by atoms with Crippen LogP contribution in [-0.4, -0.2) is 36.4 Å². The van der Waals surface area contributed by atoms with Crippen molar-refractivity contribution in [2.75, 3.05) is 19.0 Å². The Bertz CT molecular complexity index is 1030. The summed E-state index contributed by atoms with van der Waals surface area (Å²) in [4.78, 5) is 38.0. The van der Waals surface area contributed by atoms with E-state index >= 15 is 0 Å². The molecule has 3 N–H and O–H groups in total.